The lowest BCUT2D eigenvalue weighted by molar-refractivity contribution is 0.0962. The number of methoxy groups -OCH3 is 1. The summed E-state index contributed by atoms with van der Waals surface area (Å²) in [5.41, 5.74) is 0.595. The molecule has 2 N–H and O–H groups in total. The molecule has 0 bridgehead atoms. The van der Waals surface area contributed by atoms with Gasteiger partial charge in [-0.25, -0.2) is 0 Å². The predicted molar refractivity (Wildman–Crippen MR) is 65.8 cm³/mol. The van der Waals surface area contributed by atoms with Crippen LogP contribution in [0.5, 0.6) is 5.75 Å². The van der Waals surface area contributed by atoms with Crippen molar-refractivity contribution in [1.29, 1.82) is 0 Å². The van der Waals surface area contributed by atoms with E-state index < -0.39 is 0 Å². The molecule has 0 atom stereocenters. The molecule has 1 aromatic carbocycles. The molecule has 4 heteroatoms. The first-order valence-electron chi connectivity index (χ1n) is 5.69. The van der Waals surface area contributed by atoms with E-state index in [9.17, 15) is 4.79 Å². The van der Waals surface area contributed by atoms with Crippen LogP contribution in [-0.2, 0) is 0 Å². The Morgan fingerprint density at radius 1 is 1.47 bits per heavy atom. The van der Waals surface area contributed by atoms with Crippen LogP contribution in [0.1, 0.15) is 23.2 Å². The van der Waals surface area contributed by atoms with Gasteiger partial charge in [-0.2, -0.15) is 0 Å². The Morgan fingerprint density at radius 3 is 3.06 bits per heavy atom. The first-order chi connectivity index (χ1) is 8.29. The van der Waals surface area contributed by atoms with Crippen molar-refractivity contribution in [2.75, 3.05) is 13.7 Å². The van der Waals surface area contributed by atoms with Gasteiger partial charge in [0.15, 0.2) is 0 Å². The maximum absolute atomic E-state index is 11.9. The third-order valence-electron chi connectivity index (χ3n) is 2.62. The zero-order valence-electron chi connectivity index (χ0n) is 9.82. The van der Waals surface area contributed by atoms with Crippen molar-refractivity contribution in [3.05, 3.63) is 41.7 Å². The van der Waals surface area contributed by atoms with Crippen molar-refractivity contribution in [2.24, 2.45) is 0 Å². The minimum atomic E-state index is -0.121. The molecule has 90 valence electrons. The lowest BCUT2D eigenvalue weighted by Crippen LogP contribution is -2.33. The summed E-state index contributed by atoms with van der Waals surface area (Å²) >= 11 is 0. The summed E-state index contributed by atoms with van der Waals surface area (Å²) in [7, 11) is 1.59. The highest BCUT2D eigenvalue weighted by Gasteiger charge is 2.09. The van der Waals surface area contributed by atoms with E-state index in [-0.39, 0.29) is 5.91 Å². The molecule has 0 spiro atoms. The zero-order valence-corrected chi connectivity index (χ0v) is 9.82. The third-order valence-corrected chi connectivity index (χ3v) is 2.62. The van der Waals surface area contributed by atoms with E-state index in [1.54, 1.807) is 25.3 Å². The van der Waals surface area contributed by atoms with Crippen molar-refractivity contribution >= 4 is 5.91 Å². The van der Waals surface area contributed by atoms with Gasteiger partial charge in [0, 0.05) is 12.1 Å². The molecule has 0 aliphatic carbocycles. The van der Waals surface area contributed by atoms with Gasteiger partial charge in [-0.1, -0.05) is 6.07 Å². The fourth-order valence-corrected chi connectivity index (χ4v) is 1.70. The van der Waals surface area contributed by atoms with Gasteiger partial charge in [0.25, 0.3) is 5.91 Å². The summed E-state index contributed by atoms with van der Waals surface area (Å²) in [6.07, 6.45) is 4.11. The van der Waals surface area contributed by atoms with Crippen molar-refractivity contribution in [2.45, 2.75) is 12.8 Å². The van der Waals surface area contributed by atoms with E-state index in [0.29, 0.717) is 11.3 Å². The van der Waals surface area contributed by atoms with Crippen molar-refractivity contribution in [3.8, 4) is 5.75 Å². The Kier molecular flexibility index (Phi) is 3.65. The van der Waals surface area contributed by atoms with Crippen LogP contribution < -0.4 is 15.4 Å². The summed E-state index contributed by atoms with van der Waals surface area (Å²) in [6, 6.07) is 7.10. The van der Waals surface area contributed by atoms with Crippen LogP contribution in [0.3, 0.4) is 0 Å². The monoisotopic (exact) mass is 232 g/mol. The largest absolute Gasteiger partial charge is 0.497 e. The number of carbonyl (C=O) groups excluding carboxylic acids is 1. The van der Waals surface area contributed by atoms with E-state index in [1.807, 2.05) is 12.1 Å². The second-order valence-electron chi connectivity index (χ2n) is 3.87. The molecule has 0 unspecified atom stereocenters. The average molecular weight is 232 g/mol. The Morgan fingerprint density at radius 2 is 2.35 bits per heavy atom. The molecule has 1 amide bonds. The van der Waals surface area contributed by atoms with Gasteiger partial charge >= 0.3 is 0 Å². The highest BCUT2D eigenvalue weighted by atomic mass is 16.5. The third kappa shape index (κ3) is 3.00. The summed E-state index contributed by atoms with van der Waals surface area (Å²) < 4.78 is 5.08. The van der Waals surface area contributed by atoms with Crippen LogP contribution in [0.4, 0.5) is 0 Å². The molecular weight excluding hydrogens is 216 g/mol. The molecule has 1 aliphatic heterocycles. The molecular formula is C13H16N2O2. The molecule has 0 saturated carbocycles. The number of nitrogens with one attached hydrogen (secondary N) is 2. The number of carbonyl (C=O) groups is 1. The number of benzene rings is 1. The van der Waals surface area contributed by atoms with Gasteiger partial charge in [-0.3, -0.25) is 4.79 Å². The second kappa shape index (κ2) is 5.39. The Bertz CT molecular complexity index is 441. The van der Waals surface area contributed by atoms with Crippen LogP contribution in [0.15, 0.2) is 36.2 Å². The van der Waals surface area contributed by atoms with Crippen LogP contribution in [0.25, 0.3) is 0 Å². The number of hydrogen-bond donors (Lipinski definition) is 2. The molecule has 17 heavy (non-hydrogen) atoms. The van der Waals surface area contributed by atoms with E-state index in [1.165, 1.54) is 0 Å². The van der Waals surface area contributed by atoms with Crippen molar-refractivity contribution < 1.29 is 9.53 Å². The molecule has 0 saturated heterocycles. The molecule has 0 radical (unpaired) electrons. The SMILES string of the molecule is COc1cccc(C(=O)NC2=CCCCN2)c1. The predicted octanol–water partition coefficient (Wildman–Crippen LogP) is 1.65. The fourth-order valence-electron chi connectivity index (χ4n) is 1.70. The number of allylic oxidation sites excluding steroid dienone is 1. The van der Waals surface area contributed by atoms with E-state index in [2.05, 4.69) is 10.6 Å². The maximum atomic E-state index is 11.9. The summed E-state index contributed by atoms with van der Waals surface area (Å²) in [5.74, 6) is 1.36. The fraction of sp³-hybridized carbons (Fsp3) is 0.308. The van der Waals surface area contributed by atoms with Gasteiger partial charge < -0.3 is 15.4 Å². The van der Waals surface area contributed by atoms with Crippen molar-refractivity contribution in [1.82, 2.24) is 10.6 Å². The van der Waals surface area contributed by atoms with Crippen LogP contribution in [0, 0.1) is 0 Å². The van der Waals surface area contributed by atoms with Gasteiger partial charge in [-0.15, -0.1) is 0 Å². The molecule has 1 aromatic rings. The number of rotatable bonds is 3. The standard InChI is InChI=1S/C13H16N2O2/c1-17-11-6-4-5-10(9-11)13(16)15-12-7-2-3-8-14-12/h4-7,9,14H,2-3,8H2,1H3,(H,15,16). The lowest BCUT2D eigenvalue weighted by atomic mass is 10.2. The Balaban J connectivity index is 2.05. The summed E-state index contributed by atoms with van der Waals surface area (Å²) in [6.45, 7) is 0.907. The lowest BCUT2D eigenvalue weighted by Gasteiger charge is -2.16. The van der Waals surface area contributed by atoms with Gasteiger partial charge in [0.2, 0.25) is 0 Å². The Labute approximate surface area is 101 Å². The topological polar surface area (TPSA) is 50.4 Å². The molecule has 1 heterocycles. The Hall–Kier alpha value is -1.97. The highest BCUT2D eigenvalue weighted by Crippen LogP contribution is 2.12. The van der Waals surface area contributed by atoms with E-state index in [0.717, 1.165) is 25.2 Å². The minimum absolute atomic E-state index is 0.121. The first-order valence-corrected chi connectivity index (χ1v) is 5.69. The first kappa shape index (κ1) is 11.5. The van der Waals surface area contributed by atoms with Gasteiger partial charge in [-0.05, 0) is 37.1 Å². The summed E-state index contributed by atoms with van der Waals surface area (Å²) in [5, 5.41) is 5.99. The van der Waals surface area contributed by atoms with E-state index in [4.69, 9.17) is 4.74 Å². The molecule has 0 aromatic heterocycles. The van der Waals surface area contributed by atoms with Crippen LogP contribution >= 0.6 is 0 Å². The number of amides is 1. The van der Waals surface area contributed by atoms with Crippen LogP contribution in [-0.4, -0.2) is 19.6 Å². The number of ether oxygens (including phenoxy) is 1. The minimum Gasteiger partial charge on any atom is -0.497 e. The van der Waals surface area contributed by atoms with Crippen LogP contribution in [0.2, 0.25) is 0 Å². The van der Waals surface area contributed by atoms with Gasteiger partial charge in [0.05, 0.1) is 7.11 Å². The molecule has 4 nitrogen and oxygen atoms in total. The zero-order chi connectivity index (χ0) is 12.1. The maximum Gasteiger partial charge on any atom is 0.256 e. The molecule has 2 rings (SSSR count). The second-order valence-corrected chi connectivity index (χ2v) is 3.87. The van der Waals surface area contributed by atoms with E-state index >= 15 is 0 Å². The molecule has 1 aliphatic rings. The summed E-state index contributed by atoms with van der Waals surface area (Å²) in [4.78, 5) is 11.9. The average Bonchev–Trinajstić information content (AvgIpc) is 2.40. The smallest absolute Gasteiger partial charge is 0.256 e. The molecule has 0 fully saturated rings. The quantitative estimate of drug-likeness (QED) is 0.833. The van der Waals surface area contributed by atoms with Crippen molar-refractivity contribution in [3.63, 3.8) is 0 Å². The normalized spacial score (nSPS) is 14.5. The highest BCUT2D eigenvalue weighted by molar-refractivity contribution is 5.95. The van der Waals surface area contributed by atoms with Gasteiger partial charge in [0.1, 0.15) is 11.6 Å². The number of hydrogen-bond acceptors (Lipinski definition) is 3.